The van der Waals surface area contributed by atoms with Crippen molar-refractivity contribution in [2.45, 2.75) is 5.75 Å². The van der Waals surface area contributed by atoms with Gasteiger partial charge in [-0.3, -0.25) is 0 Å². The van der Waals surface area contributed by atoms with Crippen LogP contribution in [0.2, 0.25) is 0 Å². The first-order valence-electron chi connectivity index (χ1n) is 3.14. The molecule has 0 N–H and O–H groups in total. The first kappa shape index (κ1) is 10.3. The average Bonchev–Trinajstić information content (AvgIpc) is 1.91. The molecule has 0 saturated heterocycles. The van der Waals surface area contributed by atoms with Crippen LogP contribution in [0.15, 0.2) is 24.3 Å². The van der Waals surface area contributed by atoms with Crippen molar-refractivity contribution in [1.82, 2.24) is 0 Å². The van der Waals surface area contributed by atoms with Gasteiger partial charge in [-0.15, -0.1) is 0 Å². The normalized spacial score (nSPS) is 11.5. The molecule has 0 aliphatic rings. The number of halogens is 2. The Hall–Kier alpha value is 0.190. The fourth-order valence-corrected chi connectivity index (χ4v) is 2.11. The van der Waals surface area contributed by atoms with Crippen molar-refractivity contribution in [1.29, 1.82) is 0 Å². The second-order valence-electron chi connectivity index (χ2n) is 2.31. The summed E-state index contributed by atoms with van der Waals surface area (Å²) < 4.78 is 22.4. The van der Waals surface area contributed by atoms with Crippen molar-refractivity contribution in [3.05, 3.63) is 33.4 Å². The molecule has 0 aromatic heterocycles. The quantitative estimate of drug-likeness (QED) is 0.620. The second-order valence-corrected chi connectivity index (χ2v) is 6.33. The van der Waals surface area contributed by atoms with Crippen LogP contribution in [0.25, 0.3) is 0 Å². The highest BCUT2D eigenvalue weighted by atomic mass is 127. The van der Waals surface area contributed by atoms with Crippen LogP contribution in [-0.4, -0.2) is 8.42 Å². The molecule has 0 heterocycles. The zero-order valence-electron chi connectivity index (χ0n) is 6.00. The second kappa shape index (κ2) is 3.93. The van der Waals surface area contributed by atoms with E-state index in [9.17, 15) is 8.42 Å². The van der Waals surface area contributed by atoms with Gasteiger partial charge < -0.3 is 0 Å². The van der Waals surface area contributed by atoms with Crippen LogP contribution in [0.1, 0.15) is 5.56 Å². The minimum Gasteiger partial charge on any atom is -0.212 e. The van der Waals surface area contributed by atoms with Gasteiger partial charge in [0.1, 0.15) is 0 Å². The predicted octanol–water partition coefficient (Wildman–Crippen LogP) is 2.36. The summed E-state index contributed by atoms with van der Waals surface area (Å²) in [5.41, 5.74) is 0.713. The molecule has 0 atom stereocenters. The van der Waals surface area contributed by atoms with Gasteiger partial charge in [0.15, 0.2) is 0 Å². The molecular weight excluding hydrogens is 310 g/mol. The van der Waals surface area contributed by atoms with Crippen LogP contribution in [0.3, 0.4) is 0 Å². The van der Waals surface area contributed by atoms with Crippen molar-refractivity contribution < 1.29 is 8.42 Å². The molecule has 0 radical (unpaired) electrons. The molecule has 66 valence electrons. The van der Waals surface area contributed by atoms with E-state index in [1.807, 2.05) is 12.1 Å². The molecule has 0 fully saturated rings. The van der Waals surface area contributed by atoms with Gasteiger partial charge in [0.05, 0.1) is 5.75 Å². The average molecular weight is 317 g/mol. The largest absolute Gasteiger partial charge is 0.236 e. The Kier molecular flexibility index (Phi) is 3.37. The van der Waals surface area contributed by atoms with E-state index in [1.54, 1.807) is 12.1 Å². The summed E-state index contributed by atoms with van der Waals surface area (Å²) in [5.74, 6) is -0.106. The van der Waals surface area contributed by atoms with E-state index >= 15 is 0 Å². The predicted molar refractivity (Wildman–Crippen MR) is 57.6 cm³/mol. The van der Waals surface area contributed by atoms with Crippen molar-refractivity contribution in [3.63, 3.8) is 0 Å². The topological polar surface area (TPSA) is 34.1 Å². The third kappa shape index (κ3) is 3.73. The zero-order chi connectivity index (χ0) is 9.19. The van der Waals surface area contributed by atoms with Crippen LogP contribution in [0, 0.1) is 3.57 Å². The first-order chi connectivity index (χ1) is 5.47. The van der Waals surface area contributed by atoms with Gasteiger partial charge in [-0.2, -0.15) is 0 Å². The van der Waals surface area contributed by atoms with E-state index in [0.29, 0.717) is 5.56 Å². The Morgan fingerprint density at radius 3 is 2.17 bits per heavy atom. The van der Waals surface area contributed by atoms with Gasteiger partial charge >= 0.3 is 0 Å². The van der Waals surface area contributed by atoms with Gasteiger partial charge in [-0.05, 0) is 40.3 Å². The summed E-state index contributed by atoms with van der Waals surface area (Å²) in [7, 11) is 1.66. The van der Waals surface area contributed by atoms with Crippen LogP contribution >= 0.6 is 33.3 Å². The maximum atomic E-state index is 10.6. The third-order valence-electron chi connectivity index (χ3n) is 1.25. The molecule has 1 aromatic carbocycles. The van der Waals surface area contributed by atoms with Crippen LogP contribution < -0.4 is 0 Å². The molecule has 1 aromatic rings. The molecular formula is C7H6ClIO2S. The Morgan fingerprint density at radius 1 is 1.25 bits per heavy atom. The Morgan fingerprint density at radius 2 is 1.75 bits per heavy atom. The summed E-state index contributed by atoms with van der Waals surface area (Å²) in [6.07, 6.45) is 0. The number of rotatable bonds is 2. The van der Waals surface area contributed by atoms with Crippen molar-refractivity contribution in [2.24, 2.45) is 0 Å². The Labute approximate surface area is 89.5 Å². The van der Waals surface area contributed by atoms with Crippen molar-refractivity contribution in [3.8, 4) is 0 Å². The highest BCUT2D eigenvalue weighted by Gasteiger charge is 2.05. The van der Waals surface area contributed by atoms with Gasteiger partial charge in [0.25, 0.3) is 0 Å². The first-order valence-corrected chi connectivity index (χ1v) is 6.70. The highest BCUT2D eigenvalue weighted by molar-refractivity contribution is 14.1. The maximum absolute atomic E-state index is 10.6. The monoisotopic (exact) mass is 316 g/mol. The fourth-order valence-electron chi connectivity index (χ4n) is 0.780. The smallest absolute Gasteiger partial charge is 0.212 e. The van der Waals surface area contributed by atoms with Gasteiger partial charge in [-0.25, -0.2) is 8.42 Å². The number of hydrogen-bond acceptors (Lipinski definition) is 2. The lowest BCUT2D eigenvalue weighted by Crippen LogP contribution is -1.94. The summed E-state index contributed by atoms with van der Waals surface area (Å²) >= 11 is 2.15. The minimum absolute atomic E-state index is 0.106. The molecule has 0 amide bonds. The number of benzene rings is 1. The summed E-state index contributed by atoms with van der Waals surface area (Å²) in [4.78, 5) is 0. The molecule has 0 aliphatic heterocycles. The fraction of sp³-hybridized carbons (Fsp3) is 0.143. The Balaban J connectivity index is 2.85. The third-order valence-corrected chi connectivity index (χ3v) is 2.98. The molecule has 0 saturated carbocycles. The van der Waals surface area contributed by atoms with Crippen LogP contribution in [0.4, 0.5) is 0 Å². The van der Waals surface area contributed by atoms with E-state index in [0.717, 1.165) is 3.57 Å². The van der Waals surface area contributed by atoms with E-state index in [4.69, 9.17) is 10.7 Å². The zero-order valence-corrected chi connectivity index (χ0v) is 9.73. The van der Waals surface area contributed by atoms with Gasteiger partial charge in [0.2, 0.25) is 9.05 Å². The van der Waals surface area contributed by atoms with Crippen molar-refractivity contribution in [2.75, 3.05) is 0 Å². The molecule has 0 bridgehead atoms. The van der Waals surface area contributed by atoms with Crippen molar-refractivity contribution >= 4 is 42.3 Å². The molecule has 2 nitrogen and oxygen atoms in total. The lowest BCUT2D eigenvalue weighted by atomic mass is 10.2. The Bertz CT molecular complexity index is 357. The maximum Gasteiger partial charge on any atom is 0.236 e. The van der Waals surface area contributed by atoms with Crippen LogP contribution in [-0.2, 0) is 14.8 Å². The molecule has 1 rings (SSSR count). The standard InChI is InChI=1S/C7H6ClIO2S/c8-12(10,11)5-6-1-3-7(9)4-2-6/h1-4H,5H2. The molecule has 5 heteroatoms. The highest BCUT2D eigenvalue weighted by Crippen LogP contribution is 2.11. The molecule has 12 heavy (non-hydrogen) atoms. The molecule has 0 spiro atoms. The van der Waals surface area contributed by atoms with E-state index in [-0.39, 0.29) is 5.75 Å². The minimum atomic E-state index is -3.42. The summed E-state index contributed by atoms with van der Waals surface area (Å²) in [6, 6.07) is 7.19. The SMILES string of the molecule is O=S(=O)(Cl)Cc1ccc(I)cc1. The number of hydrogen-bond donors (Lipinski definition) is 0. The summed E-state index contributed by atoms with van der Waals surface area (Å²) in [5, 5.41) is 0. The van der Waals surface area contributed by atoms with Crippen LogP contribution in [0.5, 0.6) is 0 Å². The molecule has 0 unspecified atom stereocenters. The lowest BCUT2D eigenvalue weighted by molar-refractivity contribution is 0.609. The van der Waals surface area contributed by atoms with E-state index in [1.165, 1.54) is 0 Å². The van der Waals surface area contributed by atoms with E-state index < -0.39 is 9.05 Å². The molecule has 0 aliphatic carbocycles. The van der Waals surface area contributed by atoms with E-state index in [2.05, 4.69) is 22.6 Å². The van der Waals surface area contributed by atoms with Gasteiger partial charge in [-0.1, -0.05) is 12.1 Å². The summed E-state index contributed by atoms with van der Waals surface area (Å²) in [6.45, 7) is 0. The lowest BCUT2D eigenvalue weighted by Gasteiger charge is -1.96. The van der Waals surface area contributed by atoms with Gasteiger partial charge in [0, 0.05) is 14.3 Å².